The van der Waals surface area contributed by atoms with Gasteiger partial charge in [-0.05, 0) is 37.8 Å². The maximum Gasteiger partial charge on any atom is 0.333 e. The van der Waals surface area contributed by atoms with Gasteiger partial charge in [0.2, 0.25) is 0 Å². The van der Waals surface area contributed by atoms with Crippen molar-refractivity contribution in [2.45, 2.75) is 57.2 Å². The number of nitrogens with one attached hydrogen (secondary N) is 1. The number of aromatic nitrogens is 4. The molecule has 0 radical (unpaired) electrons. The Morgan fingerprint density at radius 2 is 1.76 bits per heavy atom. The van der Waals surface area contributed by atoms with E-state index in [0.717, 1.165) is 0 Å². The second kappa shape index (κ2) is 9.55. The number of nitrogens with zero attached hydrogens (tertiary/aromatic N) is 5. The molecule has 0 unspecified atom stereocenters. The minimum absolute atomic E-state index is 0.0364. The van der Waals surface area contributed by atoms with Crippen molar-refractivity contribution in [2.75, 3.05) is 11.9 Å². The van der Waals surface area contributed by atoms with Crippen LogP contribution in [0.3, 0.4) is 0 Å². The van der Waals surface area contributed by atoms with E-state index in [4.69, 9.17) is 0 Å². The number of amides is 1. The summed E-state index contributed by atoms with van der Waals surface area (Å²) in [4.78, 5) is 18.4. The molecule has 3 aromatic heterocycles. The van der Waals surface area contributed by atoms with Gasteiger partial charge in [0.1, 0.15) is 22.9 Å². The molecule has 1 aliphatic rings. The Morgan fingerprint density at radius 3 is 2.38 bits per heavy atom. The number of alkyl halides is 6. The molecule has 0 aromatic carbocycles. The van der Waals surface area contributed by atoms with E-state index in [0.29, 0.717) is 43.3 Å². The Balaban J connectivity index is 1.41. The van der Waals surface area contributed by atoms with Crippen LogP contribution < -0.4 is 10.2 Å². The predicted octanol–water partition coefficient (Wildman–Crippen LogP) is 4.98. The second-order valence-corrected chi connectivity index (χ2v) is 8.15. The molecule has 1 aliphatic carbocycles. The third-order valence-electron chi connectivity index (χ3n) is 6.07. The summed E-state index contributed by atoms with van der Waals surface area (Å²) in [7, 11) is 1.84. The van der Waals surface area contributed by atoms with Crippen molar-refractivity contribution in [3.05, 3.63) is 47.5 Å². The standard InChI is InChI=1S/C21H22F6N6O/c1-31(16-4-2-3-15-29-14(18(22)23)10-32(15)16)12-7-5-11(6-8-12)28-20(34)13-9-33(21(26)27)30-17(13)19(24)25/h2-4,9-12,18-19,21H,5-8H2,1H3,(H,28,34). The summed E-state index contributed by atoms with van der Waals surface area (Å²) < 4.78 is 79.7. The number of fused-ring (bicyclic) bond motifs is 1. The number of hydrogen-bond donors (Lipinski definition) is 1. The minimum atomic E-state index is -3.17. The molecule has 0 bridgehead atoms. The van der Waals surface area contributed by atoms with Gasteiger partial charge in [-0.2, -0.15) is 13.9 Å². The van der Waals surface area contributed by atoms with Gasteiger partial charge < -0.3 is 10.2 Å². The van der Waals surface area contributed by atoms with Crippen molar-refractivity contribution in [1.29, 1.82) is 0 Å². The minimum Gasteiger partial charge on any atom is -0.358 e. The van der Waals surface area contributed by atoms with Gasteiger partial charge in [0, 0.05) is 31.5 Å². The first-order valence-corrected chi connectivity index (χ1v) is 10.6. The van der Waals surface area contributed by atoms with E-state index in [-0.39, 0.29) is 22.5 Å². The fourth-order valence-electron chi connectivity index (χ4n) is 4.31. The average Bonchev–Trinajstić information content (AvgIpc) is 3.44. The Kier molecular flexibility index (Phi) is 6.71. The predicted molar refractivity (Wildman–Crippen MR) is 110 cm³/mol. The van der Waals surface area contributed by atoms with Gasteiger partial charge in [-0.15, -0.1) is 0 Å². The molecule has 1 N–H and O–H groups in total. The summed E-state index contributed by atoms with van der Waals surface area (Å²) in [6.45, 7) is -3.14. The van der Waals surface area contributed by atoms with Crippen LogP contribution in [0.1, 0.15) is 66.8 Å². The molecule has 7 nitrogen and oxygen atoms in total. The van der Waals surface area contributed by atoms with Crippen LogP contribution in [0.4, 0.5) is 32.2 Å². The Bertz CT molecular complexity index is 1150. The van der Waals surface area contributed by atoms with Gasteiger partial charge in [0.05, 0.1) is 5.56 Å². The molecule has 0 spiro atoms. The van der Waals surface area contributed by atoms with E-state index in [1.54, 1.807) is 22.6 Å². The number of rotatable bonds is 7. The van der Waals surface area contributed by atoms with Crippen LogP contribution in [0, 0.1) is 0 Å². The summed E-state index contributed by atoms with van der Waals surface area (Å²) in [5.41, 5.74) is -1.47. The lowest BCUT2D eigenvalue weighted by atomic mass is 9.90. The average molecular weight is 488 g/mol. The van der Waals surface area contributed by atoms with Crippen molar-refractivity contribution in [3.63, 3.8) is 0 Å². The molecule has 0 saturated heterocycles. The van der Waals surface area contributed by atoms with Gasteiger partial charge >= 0.3 is 6.55 Å². The van der Waals surface area contributed by atoms with E-state index in [1.165, 1.54) is 6.20 Å². The maximum atomic E-state index is 13.1. The van der Waals surface area contributed by atoms with Crippen molar-refractivity contribution in [2.24, 2.45) is 0 Å². The summed E-state index contributed by atoms with van der Waals surface area (Å²) in [5, 5.41) is 5.76. The fourth-order valence-corrected chi connectivity index (χ4v) is 4.31. The first-order valence-electron chi connectivity index (χ1n) is 10.6. The lowest BCUT2D eigenvalue weighted by molar-refractivity contribution is 0.0537. The lowest BCUT2D eigenvalue weighted by Crippen LogP contribution is -2.43. The highest BCUT2D eigenvalue weighted by molar-refractivity contribution is 5.95. The molecule has 13 heteroatoms. The van der Waals surface area contributed by atoms with E-state index < -0.39 is 36.6 Å². The topological polar surface area (TPSA) is 67.5 Å². The fraction of sp³-hybridized carbons (Fsp3) is 0.476. The van der Waals surface area contributed by atoms with E-state index in [2.05, 4.69) is 15.4 Å². The van der Waals surface area contributed by atoms with E-state index in [9.17, 15) is 31.1 Å². The number of hydrogen-bond acceptors (Lipinski definition) is 4. The number of pyridine rings is 1. The second-order valence-electron chi connectivity index (χ2n) is 8.15. The van der Waals surface area contributed by atoms with Crippen LogP contribution in [0.15, 0.2) is 30.6 Å². The molecule has 3 heterocycles. The molecule has 34 heavy (non-hydrogen) atoms. The first kappa shape index (κ1) is 23.9. The molecule has 1 saturated carbocycles. The number of carbonyl (C=O) groups excluding carboxylic acids is 1. The number of carbonyl (C=O) groups is 1. The highest BCUT2D eigenvalue weighted by atomic mass is 19.3. The molecule has 4 rings (SSSR count). The highest BCUT2D eigenvalue weighted by Crippen LogP contribution is 2.29. The van der Waals surface area contributed by atoms with Crippen LogP contribution in [0.5, 0.6) is 0 Å². The highest BCUT2D eigenvalue weighted by Gasteiger charge is 2.30. The van der Waals surface area contributed by atoms with Gasteiger partial charge in [0.15, 0.2) is 0 Å². The molecule has 0 atom stereocenters. The zero-order chi connectivity index (χ0) is 24.6. The monoisotopic (exact) mass is 488 g/mol. The van der Waals surface area contributed by atoms with Crippen molar-refractivity contribution >= 4 is 17.4 Å². The molecule has 1 fully saturated rings. The van der Waals surface area contributed by atoms with Gasteiger partial charge in [-0.1, -0.05) is 6.07 Å². The normalized spacial score (nSPS) is 18.9. The maximum absolute atomic E-state index is 13.1. The molecule has 3 aromatic rings. The smallest absolute Gasteiger partial charge is 0.333 e. The van der Waals surface area contributed by atoms with Crippen LogP contribution in [0.25, 0.3) is 5.65 Å². The van der Waals surface area contributed by atoms with Crippen molar-refractivity contribution < 1.29 is 31.1 Å². The van der Waals surface area contributed by atoms with Gasteiger partial charge in [-0.25, -0.2) is 27.2 Å². The molecule has 1 amide bonds. The van der Waals surface area contributed by atoms with E-state index in [1.807, 2.05) is 11.9 Å². The Labute approximate surface area is 190 Å². The third kappa shape index (κ3) is 4.68. The Hall–Kier alpha value is -3.25. The number of halogens is 6. The SMILES string of the molecule is CN(c1cccc2nc(C(F)F)cn12)C1CCC(NC(=O)c2cn(C(F)F)nc2C(F)F)CC1. The zero-order valence-electron chi connectivity index (χ0n) is 18.0. The number of imidazole rings is 1. The zero-order valence-corrected chi connectivity index (χ0v) is 18.0. The number of anilines is 1. The molecule has 0 aliphatic heterocycles. The summed E-state index contributed by atoms with van der Waals surface area (Å²) >= 11 is 0. The van der Waals surface area contributed by atoms with Crippen molar-refractivity contribution in [3.8, 4) is 0 Å². The van der Waals surface area contributed by atoms with Gasteiger partial charge in [-0.3, -0.25) is 9.20 Å². The Morgan fingerprint density at radius 1 is 1.06 bits per heavy atom. The lowest BCUT2D eigenvalue weighted by Gasteiger charge is -2.36. The summed E-state index contributed by atoms with van der Waals surface area (Å²) in [6.07, 6.45) is -1.61. The van der Waals surface area contributed by atoms with E-state index >= 15 is 0 Å². The summed E-state index contributed by atoms with van der Waals surface area (Å²) in [5.74, 6) is -0.188. The van der Waals surface area contributed by atoms with Crippen molar-refractivity contribution in [1.82, 2.24) is 24.5 Å². The van der Waals surface area contributed by atoms with Crippen LogP contribution in [-0.2, 0) is 0 Å². The van der Waals surface area contributed by atoms with Crippen LogP contribution >= 0.6 is 0 Å². The molecule has 184 valence electrons. The third-order valence-corrected chi connectivity index (χ3v) is 6.07. The van der Waals surface area contributed by atoms with Gasteiger partial charge in [0.25, 0.3) is 18.8 Å². The first-order chi connectivity index (χ1) is 16.2. The van der Waals surface area contributed by atoms with Crippen LogP contribution in [0.2, 0.25) is 0 Å². The quantitative estimate of drug-likeness (QED) is 0.477. The summed E-state index contributed by atoms with van der Waals surface area (Å²) in [6, 6.07) is 4.88. The molecular weight excluding hydrogens is 466 g/mol. The van der Waals surface area contributed by atoms with Crippen LogP contribution in [-0.4, -0.2) is 44.2 Å². The molecular formula is C21H22F6N6O. The largest absolute Gasteiger partial charge is 0.358 e.